The van der Waals surface area contributed by atoms with E-state index in [9.17, 15) is 5.11 Å². The summed E-state index contributed by atoms with van der Waals surface area (Å²) in [6.07, 6.45) is -0.548. The van der Waals surface area contributed by atoms with Gasteiger partial charge in [-0.1, -0.05) is 41.7 Å². The van der Waals surface area contributed by atoms with Crippen LogP contribution < -0.4 is 11.1 Å². The van der Waals surface area contributed by atoms with Crippen molar-refractivity contribution in [3.05, 3.63) is 54.1 Å². The van der Waals surface area contributed by atoms with Gasteiger partial charge in [0, 0.05) is 12.2 Å². The number of anilines is 2. The molecule has 5 heteroatoms. The van der Waals surface area contributed by atoms with Gasteiger partial charge in [0.05, 0.1) is 16.3 Å². The standard InChI is InChI=1S/C15H15N3OS/c16-11-6-7-12-14(8-11)20-15(18-12)17-9-13(19)10-4-2-1-3-5-10/h1-8,13,19H,9,16H2,(H,17,18). The number of rotatable bonds is 4. The van der Waals surface area contributed by atoms with Gasteiger partial charge in [-0.05, 0) is 23.8 Å². The van der Waals surface area contributed by atoms with Gasteiger partial charge in [0.25, 0.3) is 0 Å². The Morgan fingerprint density at radius 2 is 2.00 bits per heavy atom. The molecule has 0 bridgehead atoms. The molecule has 0 aliphatic rings. The highest BCUT2D eigenvalue weighted by Crippen LogP contribution is 2.27. The highest BCUT2D eigenvalue weighted by atomic mass is 32.1. The number of nitrogens with one attached hydrogen (secondary N) is 1. The number of hydrogen-bond acceptors (Lipinski definition) is 5. The molecule has 102 valence electrons. The molecule has 0 saturated carbocycles. The summed E-state index contributed by atoms with van der Waals surface area (Å²) in [5.41, 5.74) is 8.29. The monoisotopic (exact) mass is 285 g/mol. The first kappa shape index (κ1) is 12.9. The Morgan fingerprint density at radius 1 is 1.20 bits per heavy atom. The maximum atomic E-state index is 10.1. The predicted molar refractivity (Wildman–Crippen MR) is 83.9 cm³/mol. The van der Waals surface area contributed by atoms with Crippen LogP contribution in [-0.4, -0.2) is 16.6 Å². The van der Waals surface area contributed by atoms with Crippen LogP contribution in [0.3, 0.4) is 0 Å². The molecule has 0 amide bonds. The van der Waals surface area contributed by atoms with Crippen molar-refractivity contribution in [2.45, 2.75) is 6.10 Å². The van der Waals surface area contributed by atoms with E-state index in [0.29, 0.717) is 6.54 Å². The van der Waals surface area contributed by atoms with Crippen molar-refractivity contribution in [3.63, 3.8) is 0 Å². The van der Waals surface area contributed by atoms with Crippen molar-refractivity contribution in [2.75, 3.05) is 17.6 Å². The number of nitrogen functional groups attached to an aromatic ring is 1. The van der Waals surface area contributed by atoms with Gasteiger partial charge in [0.2, 0.25) is 0 Å². The summed E-state index contributed by atoms with van der Waals surface area (Å²) in [6.45, 7) is 0.430. The molecule has 0 aliphatic carbocycles. The van der Waals surface area contributed by atoms with Gasteiger partial charge in [-0.25, -0.2) is 4.98 Å². The topological polar surface area (TPSA) is 71.2 Å². The number of nitrogens with zero attached hydrogens (tertiary/aromatic N) is 1. The molecule has 0 spiro atoms. The lowest BCUT2D eigenvalue weighted by Gasteiger charge is -2.10. The van der Waals surface area contributed by atoms with Gasteiger partial charge < -0.3 is 16.2 Å². The number of aromatic nitrogens is 1. The number of fused-ring (bicyclic) bond motifs is 1. The molecule has 0 saturated heterocycles. The van der Waals surface area contributed by atoms with E-state index >= 15 is 0 Å². The summed E-state index contributed by atoms with van der Waals surface area (Å²) >= 11 is 1.54. The van der Waals surface area contributed by atoms with Crippen LogP contribution in [0.25, 0.3) is 10.2 Å². The molecule has 3 rings (SSSR count). The minimum Gasteiger partial charge on any atom is -0.399 e. The number of thiazole rings is 1. The van der Waals surface area contributed by atoms with Crippen molar-refractivity contribution in [1.82, 2.24) is 4.98 Å². The molecule has 1 heterocycles. The molecule has 1 atom stereocenters. The Balaban J connectivity index is 1.71. The summed E-state index contributed by atoms with van der Waals surface area (Å²) in [7, 11) is 0. The number of hydrogen-bond donors (Lipinski definition) is 3. The van der Waals surface area contributed by atoms with E-state index in [4.69, 9.17) is 5.73 Å². The Labute approximate surface area is 120 Å². The van der Waals surface area contributed by atoms with E-state index in [1.807, 2.05) is 48.5 Å². The Bertz CT molecular complexity index is 711. The van der Waals surface area contributed by atoms with E-state index in [0.717, 1.165) is 26.6 Å². The normalized spacial score (nSPS) is 12.4. The maximum absolute atomic E-state index is 10.1. The highest BCUT2D eigenvalue weighted by Gasteiger charge is 2.09. The molecular weight excluding hydrogens is 270 g/mol. The molecular formula is C15H15N3OS. The van der Waals surface area contributed by atoms with Gasteiger partial charge in [0.1, 0.15) is 0 Å². The number of nitrogens with two attached hydrogens (primary N) is 1. The van der Waals surface area contributed by atoms with Crippen LogP contribution in [0, 0.1) is 0 Å². The van der Waals surface area contributed by atoms with Crippen LogP contribution >= 0.6 is 11.3 Å². The van der Waals surface area contributed by atoms with Crippen molar-refractivity contribution < 1.29 is 5.11 Å². The molecule has 20 heavy (non-hydrogen) atoms. The third-order valence-corrected chi connectivity index (χ3v) is 4.02. The zero-order valence-corrected chi connectivity index (χ0v) is 11.6. The Kier molecular flexibility index (Phi) is 3.54. The SMILES string of the molecule is Nc1ccc2nc(NCC(O)c3ccccc3)sc2c1. The second-order valence-corrected chi connectivity index (χ2v) is 5.58. The third-order valence-electron chi connectivity index (χ3n) is 3.04. The van der Waals surface area contributed by atoms with Crippen molar-refractivity contribution >= 4 is 32.4 Å². The van der Waals surface area contributed by atoms with Crippen LogP contribution in [0.2, 0.25) is 0 Å². The molecule has 3 aromatic rings. The zero-order valence-electron chi connectivity index (χ0n) is 10.8. The Hall–Kier alpha value is -2.11. The summed E-state index contributed by atoms with van der Waals surface area (Å²) < 4.78 is 1.04. The lowest BCUT2D eigenvalue weighted by molar-refractivity contribution is 0.191. The van der Waals surface area contributed by atoms with Gasteiger partial charge in [-0.15, -0.1) is 0 Å². The lowest BCUT2D eigenvalue weighted by Crippen LogP contribution is -2.11. The predicted octanol–water partition coefficient (Wildman–Crippen LogP) is 3.02. The summed E-state index contributed by atoms with van der Waals surface area (Å²) in [4.78, 5) is 4.46. The number of benzene rings is 2. The van der Waals surface area contributed by atoms with E-state index in [-0.39, 0.29) is 0 Å². The molecule has 4 N–H and O–H groups in total. The first-order chi connectivity index (χ1) is 9.72. The van der Waals surface area contributed by atoms with Crippen molar-refractivity contribution in [2.24, 2.45) is 0 Å². The van der Waals surface area contributed by atoms with E-state index in [2.05, 4.69) is 10.3 Å². The zero-order chi connectivity index (χ0) is 13.9. The summed E-state index contributed by atoms with van der Waals surface area (Å²) in [5, 5.41) is 14.1. The largest absolute Gasteiger partial charge is 0.399 e. The maximum Gasteiger partial charge on any atom is 0.183 e. The smallest absolute Gasteiger partial charge is 0.183 e. The van der Waals surface area contributed by atoms with Gasteiger partial charge >= 0.3 is 0 Å². The molecule has 0 radical (unpaired) electrons. The van der Waals surface area contributed by atoms with Gasteiger partial charge in [0.15, 0.2) is 5.13 Å². The van der Waals surface area contributed by atoms with E-state index in [1.165, 1.54) is 11.3 Å². The molecule has 1 unspecified atom stereocenters. The molecule has 4 nitrogen and oxygen atoms in total. The van der Waals surface area contributed by atoms with Crippen LogP contribution in [0.5, 0.6) is 0 Å². The number of aliphatic hydroxyl groups is 1. The first-order valence-corrected chi connectivity index (χ1v) is 7.17. The fourth-order valence-corrected chi connectivity index (χ4v) is 2.91. The molecule has 0 aliphatic heterocycles. The van der Waals surface area contributed by atoms with Gasteiger partial charge in [-0.2, -0.15) is 0 Å². The molecule has 2 aromatic carbocycles. The van der Waals surface area contributed by atoms with Gasteiger partial charge in [-0.3, -0.25) is 0 Å². The van der Waals surface area contributed by atoms with E-state index in [1.54, 1.807) is 0 Å². The van der Waals surface area contributed by atoms with Crippen LogP contribution in [0.15, 0.2) is 48.5 Å². The average Bonchev–Trinajstić information content (AvgIpc) is 2.87. The van der Waals surface area contributed by atoms with Crippen LogP contribution in [0.1, 0.15) is 11.7 Å². The average molecular weight is 285 g/mol. The van der Waals surface area contributed by atoms with Crippen LogP contribution in [-0.2, 0) is 0 Å². The summed E-state index contributed by atoms with van der Waals surface area (Å²) in [5.74, 6) is 0. The fourth-order valence-electron chi connectivity index (χ4n) is 1.99. The Morgan fingerprint density at radius 3 is 2.80 bits per heavy atom. The van der Waals surface area contributed by atoms with Crippen molar-refractivity contribution in [3.8, 4) is 0 Å². The minimum atomic E-state index is -0.548. The fraction of sp³-hybridized carbons (Fsp3) is 0.133. The number of aliphatic hydroxyl groups excluding tert-OH is 1. The highest BCUT2D eigenvalue weighted by molar-refractivity contribution is 7.22. The van der Waals surface area contributed by atoms with E-state index < -0.39 is 6.10 Å². The molecule has 1 aromatic heterocycles. The minimum absolute atomic E-state index is 0.430. The quantitative estimate of drug-likeness (QED) is 0.644. The lowest BCUT2D eigenvalue weighted by atomic mass is 10.1. The van der Waals surface area contributed by atoms with Crippen molar-refractivity contribution in [1.29, 1.82) is 0 Å². The van der Waals surface area contributed by atoms with Crippen LogP contribution in [0.4, 0.5) is 10.8 Å². The first-order valence-electron chi connectivity index (χ1n) is 6.35. The third kappa shape index (κ3) is 2.74. The second kappa shape index (κ2) is 5.48. The second-order valence-electron chi connectivity index (χ2n) is 4.55. The molecule has 0 fully saturated rings. The summed E-state index contributed by atoms with van der Waals surface area (Å²) in [6, 6.07) is 15.2.